The highest BCUT2D eigenvalue weighted by molar-refractivity contribution is 6.33. The molecule has 1 N–H and O–H groups in total. The molecular formula is C12H18ClN3O2. The summed E-state index contributed by atoms with van der Waals surface area (Å²) in [5.74, 6) is 0. The van der Waals surface area contributed by atoms with Crippen LogP contribution >= 0.6 is 11.6 Å². The molecule has 0 atom stereocenters. The zero-order valence-corrected chi connectivity index (χ0v) is 11.2. The van der Waals surface area contributed by atoms with Gasteiger partial charge < -0.3 is 10.0 Å². The highest BCUT2D eigenvalue weighted by Crippen LogP contribution is 2.34. The SMILES string of the molecule is Cn1ncc(N(CCCCO)C2CC2)c(Cl)c1=O. The number of rotatable bonds is 6. The Labute approximate surface area is 111 Å². The fourth-order valence-corrected chi connectivity index (χ4v) is 2.26. The molecule has 0 amide bonds. The van der Waals surface area contributed by atoms with Crippen molar-refractivity contribution in [1.82, 2.24) is 9.78 Å². The maximum atomic E-state index is 11.8. The van der Waals surface area contributed by atoms with Crippen molar-refractivity contribution < 1.29 is 5.11 Å². The van der Waals surface area contributed by atoms with E-state index in [1.165, 1.54) is 4.68 Å². The van der Waals surface area contributed by atoms with Crippen molar-refractivity contribution >= 4 is 17.3 Å². The number of aliphatic hydroxyl groups excluding tert-OH is 1. The Kier molecular flexibility index (Phi) is 4.24. The van der Waals surface area contributed by atoms with Crippen molar-refractivity contribution in [2.45, 2.75) is 31.7 Å². The molecule has 6 heteroatoms. The fourth-order valence-electron chi connectivity index (χ4n) is 1.98. The Hall–Kier alpha value is -1.07. The molecule has 1 aliphatic rings. The number of hydrogen-bond donors (Lipinski definition) is 1. The smallest absolute Gasteiger partial charge is 0.287 e. The van der Waals surface area contributed by atoms with E-state index < -0.39 is 0 Å². The van der Waals surface area contributed by atoms with Crippen molar-refractivity contribution in [2.75, 3.05) is 18.1 Å². The third-order valence-corrected chi connectivity index (χ3v) is 3.52. The van der Waals surface area contributed by atoms with Gasteiger partial charge in [-0.1, -0.05) is 11.6 Å². The van der Waals surface area contributed by atoms with Crippen molar-refractivity contribution in [1.29, 1.82) is 0 Å². The highest BCUT2D eigenvalue weighted by Gasteiger charge is 2.30. The number of halogens is 1. The molecule has 100 valence electrons. The molecule has 0 aromatic carbocycles. The van der Waals surface area contributed by atoms with Gasteiger partial charge in [-0.2, -0.15) is 5.10 Å². The Bertz CT molecular complexity index is 471. The first-order valence-corrected chi connectivity index (χ1v) is 6.62. The molecule has 2 rings (SSSR count). The van der Waals surface area contributed by atoms with Crippen LogP contribution in [0.25, 0.3) is 0 Å². The number of nitrogens with zero attached hydrogens (tertiary/aromatic N) is 3. The van der Waals surface area contributed by atoms with Crippen LogP contribution in [0.3, 0.4) is 0 Å². The summed E-state index contributed by atoms with van der Waals surface area (Å²) >= 11 is 6.11. The van der Waals surface area contributed by atoms with Gasteiger partial charge in [0.2, 0.25) is 0 Å². The molecule has 1 saturated carbocycles. The van der Waals surface area contributed by atoms with Crippen LogP contribution in [0, 0.1) is 0 Å². The molecule has 18 heavy (non-hydrogen) atoms. The van der Waals surface area contributed by atoms with Crippen molar-refractivity contribution in [2.24, 2.45) is 7.05 Å². The lowest BCUT2D eigenvalue weighted by atomic mass is 10.2. The summed E-state index contributed by atoms with van der Waals surface area (Å²) in [7, 11) is 1.59. The molecule has 1 aromatic heterocycles. The van der Waals surface area contributed by atoms with Crippen LogP contribution in [0.2, 0.25) is 5.02 Å². The van der Waals surface area contributed by atoms with Crippen LogP contribution in [-0.2, 0) is 7.05 Å². The topological polar surface area (TPSA) is 58.4 Å². The molecular weight excluding hydrogens is 254 g/mol. The van der Waals surface area contributed by atoms with E-state index in [0.29, 0.717) is 6.04 Å². The lowest BCUT2D eigenvalue weighted by Crippen LogP contribution is -2.31. The molecule has 1 aromatic rings. The zero-order valence-electron chi connectivity index (χ0n) is 10.5. The van der Waals surface area contributed by atoms with Gasteiger partial charge in [-0.25, -0.2) is 4.68 Å². The van der Waals surface area contributed by atoms with Gasteiger partial charge in [0.25, 0.3) is 5.56 Å². The summed E-state index contributed by atoms with van der Waals surface area (Å²) in [5, 5.41) is 13.1. The van der Waals surface area contributed by atoms with Gasteiger partial charge >= 0.3 is 0 Å². The number of unbranched alkanes of at least 4 members (excludes halogenated alkanes) is 1. The van der Waals surface area contributed by atoms with E-state index in [0.717, 1.165) is 37.9 Å². The summed E-state index contributed by atoms with van der Waals surface area (Å²) in [6.07, 6.45) is 5.56. The van der Waals surface area contributed by atoms with Crippen LogP contribution in [0.15, 0.2) is 11.0 Å². The van der Waals surface area contributed by atoms with E-state index in [1.807, 2.05) is 0 Å². The maximum absolute atomic E-state index is 11.8. The van der Waals surface area contributed by atoms with E-state index in [9.17, 15) is 4.79 Å². The van der Waals surface area contributed by atoms with Gasteiger partial charge in [-0.15, -0.1) is 0 Å². The first-order chi connectivity index (χ1) is 8.65. The lowest BCUT2D eigenvalue weighted by Gasteiger charge is -2.25. The van der Waals surface area contributed by atoms with E-state index in [1.54, 1.807) is 13.2 Å². The van der Waals surface area contributed by atoms with Gasteiger partial charge in [0.15, 0.2) is 0 Å². The number of anilines is 1. The molecule has 0 radical (unpaired) electrons. The number of hydrogen-bond acceptors (Lipinski definition) is 4. The standard InChI is InChI=1S/C12H18ClN3O2/c1-15-12(18)11(13)10(8-14-15)16(9-4-5-9)6-2-3-7-17/h8-9,17H,2-7H2,1H3. The first-order valence-electron chi connectivity index (χ1n) is 6.24. The van der Waals surface area contributed by atoms with E-state index >= 15 is 0 Å². The summed E-state index contributed by atoms with van der Waals surface area (Å²) in [6.45, 7) is 1.00. The second-order valence-electron chi connectivity index (χ2n) is 4.63. The number of aryl methyl sites for hydroxylation is 1. The Morgan fingerprint density at radius 3 is 2.89 bits per heavy atom. The normalized spacial score (nSPS) is 14.8. The molecule has 5 nitrogen and oxygen atoms in total. The van der Waals surface area contributed by atoms with Crippen LogP contribution in [0.4, 0.5) is 5.69 Å². The van der Waals surface area contributed by atoms with Gasteiger partial charge in [0, 0.05) is 26.2 Å². The zero-order chi connectivity index (χ0) is 13.1. The molecule has 0 unspecified atom stereocenters. The lowest BCUT2D eigenvalue weighted by molar-refractivity contribution is 0.285. The average Bonchev–Trinajstić information content (AvgIpc) is 3.18. The molecule has 1 aliphatic carbocycles. The minimum absolute atomic E-state index is 0.195. The van der Waals surface area contributed by atoms with Crippen LogP contribution in [0.1, 0.15) is 25.7 Å². The van der Waals surface area contributed by atoms with Crippen molar-refractivity contribution in [3.05, 3.63) is 21.6 Å². The summed E-state index contributed by atoms with van der Waals surface area (Å²) in [4.78, 5) is 13.9. The van der Waals surface area contributed by atoms with Crippen LogP contribution < -0.4 is 10.5 Å². The van der Waals surface area contributed by atoms with Crippen molar-refractivity contribution in [3.63, 3.8) is 0 Å². The van der Waals surface area contributed by atoms with Gasteiger partial charge in [-0.3, -0.25) is 4.79 Å². The predicted octanol–water partition coefficient (Wildman–Crippen LogP) is 1.18. The van der Waals surface area contributed by atoms with E-state index in [2.05, 4.69) is 10.00 Å². The Morgan fingerprint density at radius 1 is 1.56 bits per heavy atom. The second-order valence-corrected chi connectivity index (χ2v) is 5.01. The second kappa shape index (κ2) is 5.71. The Balaban J connectivity index is 2.20. The quantitative estimate of drug-likeness (QED) is 0.790. The summed E-state index contributed by atoms with van der Waals surface area (Å²) in [6, 6.07) is 0.468. The van der Waals surface area contributed by atoms with Gasteiger partial charge in [-0.05, 0) is 25.7 Å². The minimum Gasteiger partial charge on any atom is -0.396 e. The van der Waals surface area contributed by atoms with E-state index in [-0.39, 0.29) is 17.2 Å². The van der Waals surface area contributed by atoms with E-state index in [4.69, 9.17) is 16.7 Å². The maximum Gasteiger partial charge on any atom is 0.287 e. The Morgan fingerprint density at radius 2 is 2.28 bits per heavy atom. The molecule has 0 bridgehead atoms. The first kappa shape index (κ1) is 13.4. The van der Waals surface area contributed by atoms with Gasteiger partial charge in [0.1, 0.15) is 5.02 Å². The number of aliphatic hydroxyl groups is 1. The van der Waals surface area contributed by atoms with Crippen LogP contribution in [0.5, 0.6) is 0 Å². The summed E-state index contributed by atoms with van der Waals surface area (Å²) < 4.78 is 1.24. The average molecular weight is 272 g/mol. The third-order valence-electron chi connectivity index (χ3n) is 3.16. The van der Waals surface area contributed by atoms with Gasteiger partial charge in [0.05, 0.1) is 11.9 Å². The molecule has 0 spiro atoms. The fraction of sp³-hybridized carbons (Fsp3) is 0.667. The molecule has 1 heterocycles. The third kappa shape index (κ3) is 2.84. The van der Waals surface area contributed by atoms with Crippen molar-refractivity contribution in [3.8, 4) is 0 Å². The largest absolute Gasteiger partial charge is 0.396 e. The predicted molar refractivity (Wildman–Crippen MR) is 71.2 cm³/mol. The molecule has 0 saturated heterocycles. The monoisotopic (exact) mass is 271 g/mol. The molecule has 1 fully saturated rings. The minimum atomic E-state index is -0.262. The molecule has 0 aliphatic heterocycles. The number of aromatic nitrogens is 2. The summed E-state index contributed by atoms with van der Waals surface area (Å²) in [5.41, 5.74) is 0.460. The highest BCUT2D eigenvalue weighted by atomic mass is 35.5. The van der Waals surface area contributed by atoms with Crippen LogP contribution in [-0.4, -0.2) is 34.1 Å².